The predicted octanol–water partition coefficient (Wildman–Crippen LogP) is 5.79. The van der Waals surface area contributed by atoms with E-state index in [1.54, 1.807) is 6.20 Å². The van der Waals surface area contributed by atoms with Crippen LogP contribution < -0.4 is 10.6 Å². The van der Waals surface area contributed by atoms with Crippen LogP contribution in [0.5, 0.6) is 0 Å². The van der Waals surface area contributed by atoms with Crippen molar-refractivity contribution in [2.75, 3.05) is 36.8 Å². The number of carbonyl (C=O) groups excluding carboxylic acids is 2. The number of ketones is 1. The van der Waals surface area contributed by atoms with Crippen molar-refractivity contribution in [1.82, 2.24) is 9.88 Å². The zero-order valence-electron chi connectivity index (χ0n) is 20.8. The van der Waals surface area contributed by atoms with Crippen LogP contribution in [-0.2, 0) is 6.42 Å². The van der Waals surface area contributed by atoms with Gasteiger partial charge in [-0.2, -0.15) is 0 Å². The van der Waals surface area contributed by atoms with Gasteiger partial charge in [0.1, 0.15) is 0 Å². The molecule has 0 spiro atoms. The molecule has 1 fully saturated rings. The SMILES string of the molecule is O=C(Nc1ccc(-c2ccc3ncccc3c2)c2c1C(=O)CC2)c1ccc(NCCN2CCCC2)cc1. The van der Waals surface area contributed by atoms with Gasteiger partial charge in [-0.05, 0) is 97.6 Å². The van der Waals surface area contributed by atoms with Crippen molar-refractivity contribution in [3.63, 3.8) is 0 Å². The molecule has 6 heteroatoms. The zero-order chi connectivity index (χ0) is 25.2. The van der Waals surface area contributed by atoms with E-state index in [2.05, 4.69) is 26.6 Å². The number of carbonyl (C=O) groups is 2. The fourth-order valence-corrected chi connectivity index (χ4v) is 5.51. The Kier molecular flexibility index (Phi) is 6.41. The normalized spacial score (nSPS) is 15.2. The number of likely N-dealkylation sites (tertiary alicyclic amines) is 1. The lowest BCUT2D eigenvalue weighted by Gasteiger charge is -2.16. The molecule has 0 radical (unpaired) electrons. The minimum absolute atomic E-state index is 0.0761. The largest absolute Gasteiger partial charge is 0.384 e. The number of hydrogen-bond acceptors (Lipinski definition) is 5. The van der Waals surface area contributed by atoms with Crippen LogP contribution in [0.1, 0.15) is 45.5 Å². The number of benzene rings is 3. The second-order valence-corrected chi connectivity index (χ2v) is 9.86. The quantitative estimate of drug-likeness (QED) is 0.343. The average molecular weight is 491 g/mol. The molecular formula is C31H30N4O2. The van der Waals surface area contributed by atoms with Crippen LogP contribution >= 0.6 is 0 Å². The number of fused-ring (bicyclic) bond motifs is 2. The number of rotatable bonds is 7. The lowest BCUT2D eigenvalue weighted by Crippen LogP contribution is -2.25. The van der Waals surface area contributed by atoms with E-state index >= 15 is 0 Å². The van der Waals surface area contributed by atoms with Crippen LogP contribution in [0.2, 0.25) is 0 Å². The van der Waals surface area contributed by atoms with Gasteiger partial charge in [0.15, 0.2) is 5.78 Å². The van der Waals surface area contributed by atoms with Crippen LogP contribution in [-0.4, -0.2) is 47.8 Å². The van der Waals surface area contributed by atoms with E-state index in [-0.39, 0.29) is 11.7 Å². The third-order valence-corrected chi connectivity index (χ3v) is 7.46. The number of nitrogens with zero attached hydrogens (tertiary/aromatic N) is 2. The van der Waals surface area contributed by atoms with E-state index in [1.807, 2.05) is 60.7 Å². The third-order valence-electron chi connectivity index (χ3n) is 7.46. The minimum atomic E-state index is -0.213. The van der Waals surface area contributed by atoms with Gasteiger partial charge in [0.2, 0.25) is 0 Å². The van der Waals surface area contributed by atoms with Gasteiger partial charge >= 0.3 is 0 Å². The summed E-state index contributed by atoms with van der Waals surface area (Å²) >= 11 is 0. The predicted molar refractivity (Wildman–Crippen MR) is 148 cm³/mol. The topological polar surface area (TPSA) is 74.3 Å². The Bertz CT molecular complexity index is 1470. The maximum atomic E-state index is 13.1. The monoisotopic (exact) mass is 490 g/mol. The molecule has 1 aromatic heterocycles. The van der Waals surface area contributed by atoms with E-state index in [0.29, 0.717) is 29.7 Å². The number of hydrogen-bond donors (Lipinski definition) is 2. The number of Topliss-reactive ketones (excluding diaryl/α,β-unsaturated/α-hetero) is 1. The second-order valence-electron chi connectivity index (χ2n) is 9.86. The molecular weight excluding hydrogens is 460 g/mol. The van der Waals surface area contributed by atoms with Crippen molar-refractivity contribution in [3.8, 4) is 11.1 Å². The summed E-state index contributed by atoms with van der Waals surface area (Å²) in [6, 6.07) is 21.5. The first-order chi connectivity index (χ1) is 18.2. The summed E-state index contributed by atoms with van der Waals surface area (Å²) in [7, 11) is 0. The second kappa shape index (κ2) is 10.1. The molecule has 2 heterocycles. The van der Waals surface area contributed by atoms with Gasteiger partial charge in [-0.25, -0.2) is 0 Å². The number of nitrogens with one attached hydrogen (secondary N) is 2. The van der Waals surface area contributed by atoms with Crippen LogP contribution in [0.4, 0.5) is 11.4 Å². The number of anilines is 2. The van der Waals surface area contributed by atoms with Crippen LogP contribution in [0, 0.1) is 0 Å². The van der Waals surface area contributed by atoms with Gasteiger partial charge in [-0.3, -0.25) is 14.6 Å². The molecule has 6 nitrogen and oxygen atoms in total. The van der Waals surface area contributed by atoms with E-state index in [9.17, 15) is 9.59 Å². The van der Waals surface area contributed by atoms with Gasteiger partial charge in [-0.15, -0.1) is 0 Å². The smallest absolute Gasteiger partial charge is 0.255 e. The van der Waals surface area contributed by atoms with Crippen LogP contribution in [0.3, 0.4) is 0 Å². The Morgan fingerprint density at radius 3 is 2.62 bits per heavy atom. The fourth-order valence-electron chi connectivity index (χ4n) is 5.51. The molecule has 1 amide bonds. The molecule has 4 aromatic rings. The molecule has 2 aliphatic rings. The van der Waals surface area contributed by atoms with Crippen molar-refractivity contribution >= 4 is 34.0 Å². The summed E-state index contributed by atoms with van der Waals surface area (Å²) in [5.74, 6) is -0.137. The first-order valence-corrected chi connectivity index (χ1v) is 13.1. The summed E-state index contributed by atoms with van der Waals surface area (Å²) in [6.07, 6.45) is 5.51. The average Bonchev–Trinajstić information content (AvgIpc) is 3.59. The van der Waals surface area contributed by atoms with E-state index < -0.39 is 0 Å². The van der Waals surface area contributed by atoms with E-state index in [1.165, 1.54) is 25.9 Å². The van der Waals surface area contributed by atoms with E-state index in [0.717, 1.165) is 46.4 Å². The highest BCUT2D eigenvalue weighted by atomic mass is 16.1. The molecule has 0 saturated carbocycles. The molecule has 3 aromatic carbocycles. The zero-order valence-corrected chi connectivity index (χ0v) is 20.8. The molecule has 6 rings (SSSR count). The van der Waals surface area contributed by atoms with Gasteiger partial charge in [0.05, 0.1) is 11.2 Å². The van der Waals surface area contributed by atoms with E-state index in [4.69, 9.17) is 0 Å². The highest BCUT2D eigenvalue weighted by Gasteiger charge is 2.27. The van der Waals surface area contributed by atoms with Crippen molar-refractivity contribution in [3.05, 3.63) is 89.6 Å². The molecule has 1 aliphatic carbocycles. The summed E-state index contributed by atoms with van der Waals surface area (Å²) < 4.78 is 0. The molecule has 0 atom stereocenters. The fraction of sp³-hybridized carbons (Fsp3) is 0.258. The van der Waals surface area contributed by atoms with Crippen molar-refractivity contribution in [1.29, 1.82) is 0 Å². The summed E-state index contributed by atoms with van der Waals surface area (Å²) in [5, 5.41) is 7.50. The highest BCUT2D eigenvalue weighted by Crippen LogP contribution is 2.38. The Balaban J connectivity index is 1.19. The van der Waals surface area contributed by atoms with Crippen LogP contribution in [0.15, 0.2) is 72.9 Å². The van der Waals surface area contributed by atoms with Gasteiger partial charge in [0.25, 0.3) is 5.91 Å². The third kappa shape index (κ3) is 4.85. The molecule has 1 aliphatic heterocycles. The molecule has 0 unspecified atom stereocenters. The van der Waals surface area contributed by atoms with Crippen molar-refractivity contribution in [2.45, 2.75) is 25.7 Å². The van der Waals surface area contributed by atoms with Gasteiger partial charge < -0.3 is 15.5 Å². The maximum absolute atomic E-state index is 13.1. The lowest BCUT2D eigenvalue weighted by molar-refractivity contribution is 0.0995. The lowest BCUT2D eigenvalue weighted by atomic mass is 9.94. The highest BCUT2D eigenvalue weighted by molar-refractivity contribution is 6.12. The van der Waals surface area contributed by atoms with Crippen molar-refractivity contribution < 1.29 is 9.59 Å². The Morgan fingerprint density at radius 2 is 1.78 bits per heavy atom. The Morgan fingerprint density at radius 1 is 0.946 bits per heavy atom. The summed E-state index contributed by atoms with van der Waals surface area (Å²) in [6.45, 7) is 4.30. The van der Waals surface area contributed by atoms with Gasteiger partial charge in [-0.1, -0.05) is 18.2 Å². The first-order valence-electron chi connectivity index (χ1n) is 13.1. The molecule has 186 valence electrons. The summed E-state index contributed by atoms with van der Waals surface area (Å²) in [4.78, 5) is 32.8. The molecule has 2 N–H and O–H groups in total. The molecule has 1 saturated heterocycles. The number of amides is 1. The minimum Gasteiger partial charge on any atom is -0.384 e. The molecule has 37 heavy (non-hydrogen) atoms. The molecule has 0 bridgehead atoms. The Labute approximate surface area is 216 Å². The number of aromatic nitrogens is 1. The van der Waals surface area contributed by atoms with Gasteiger partial charge in [0, 0.05) is 47.9 Å². The standard InChI is InChI=1S/C31H30N4O2/c36-29-14-11-26-25(22-7-12-27-23(20-22)4-3-15-33-27)10-13-28(30(26)29)34-31(37)21-5-8-24(9-6-21)32-16-19-35-17-1-2-18-35/h3-10,12-13,15,20,32H,1-2,11,14,16-19H2,(H,34,37). The summed E-state index contributed by atoms with van der Waals surface area (Å²) in [5.41, 5.74) is 6.82. The number of pyridine rings is 1. The maximum Gasteiger partial charge on any atom is 0.255 e. The Hall–Kier alpha value is -4.03. The van der Waals surface area contributed by atoms with Crippen LogP contribution in [0.25, 0.3) is 22.0 Å². The van der Waals surface area contributed by atoms with Crippen molar-refractivity contribution in [2.24, 2.45) is 0 Å². The first kappa shape index (κ1) is 23.4.